The minimum Gasteiger partial charge on any atom is -0.480 e. The molecule has 2 rings (SSSR count). The lowest BCUT2D eigenvalue weighted by atomic mass is 10.0. The van der Waals surface area contributed by atoms with Crippen LogP contribution in [0.1, 0.15) is 38.4 Å². The Labute approximate surface area is 106 Å². The van der Waals surface area contributed by atoms with E-state index in [1.54, 1.807) is 4.68 Å². The average Bonchev–Trinajstić information content (AvgIpc) is 2.78. The van der Waals surface area contributed by atoms with Crippen LogP contribution in [0.4, 0.5) is 0 Å². The molecule has 1 aliphatic rings. The first kappa shape index (κ1) is 12.9. The highest BCUT2D eigenvalue weighted by atomic mass is 16.4. The van der Waals surface area contributed by atoms with Crippen molar-refractivity contribution in [3.8, 4) is 0 Å². The predicted octanol–water partition coefficient (Wildman–Crippen LogP) is 0.522. The van der Waals surface area contributed by atoms with Gasteiger partial charge in [-0.05, 0) is 36.2 Å². The number of aryl methyl sites for hydroxylation is 1. The van der Waals surface area contributed by atoms with Gasteiger partial charge in [-0.1, -0.05) is 13.3 Å². The summed E-state index contributed by atoms with van der Waals surface area (Å²) in [7, 11) is 0. The molecule has 0 aromatic carbocycles. The topological polar surface area (TPSA) is 84.1 Å². The van der Waals surface area contributed by atoms with Crippen LogP contribution in [0.25, 0.3) is 0 Å². The zero-order valence-electron chi connectivity index (χ0n) is 10.6. The number of carboxylic acid groups (broad SMARTS) is 1. The summed E-state index contributed by atoms with van der Waals surface area (Å²) in [6.45, 7) is 4.15. The standard InChI is InChI=1S/C11H19N5O2/c1-2-6-16-10(12-13-14-16)8-15-7-4-3-5-9(15)11(17)18/h9H,2-8H2,1H3,(H,17,18). The number of hydrogen-bond donors (Lipinski definition) is 1. The first-order valence-corrected chi connectivity index (χ1v) is 6.44. The molecule has 0 aliphatic carbocycles. The highest BCUT2D eigenvalue weighted by molar-refractivity contribution is 5.73. The molecule has 1 saturated heterocycles. The largest absolute Gasteiger partial charge is 0.480 e. The molecule has 0 radical (unpaired) electrons. The van der Waals surface area contributed by atoms with Crippen molar-refractivity contribution in [1.29, 1.82) is 0 Å². The monoisotopic (exact) mass is 253 g/mol. The third-order valence-corrected chi connectivity index (χ3v) is 3.28. The molecular weight excluding hydrogens is 234 g/mol. The number of tetrazole rings is 1. The molecule has 100 valence electrons. The summed E-state index contributed by atoms with van der Waals surface area (Å²) < 4.78 is 1.76. The van der Waals surface area contributed by atoms with Crippen LogP contribution in [0.3, 0.4) is 0 Å². The van der Waals surface area contributed by atoms with Gasteiger partial charge in [0.05, 0.1) is 6.54 Å². The zero-order valence-corrected chi connectivity index (χ0v) is 10.6. The lowest BCUT2D eigenvalue weighted by molar-refractivity contribution is -0.144. The normalized spacial score (nSPS) is 21.1. The third-order valence-electron chi connectivity index (χ3n) is 3.28. The summed E-state index contributed by atoms with van der Waals surface area (Å²) in [6.07, 6.45) is 3.69. The van der Waals surface area contributed by atoms with Crippen LogP contribution in [0.2, 0.25) is 0 Å². The molecule has 1 aromatic rings. The fourth-order valence-corrected chi connectivity index (χ4v) is 2.36. The maximum absolute atomic E-state index is 11.2. The molecule has 0 bridgehead atoms. The van der Waals surface area contributed by atoms with Crippen molar-refractivity contribution in [1.82, 2.24) is 25.1 Å². The summed E-state index contributed by atoms with van der Waals surface area (Å²) in [6, 6.07) is -0.398. The summed E-state index contributed by atoms with van der Waals surface area (Å²) in [5.41, 5.74) is 0. The Hall–Kier alpha value is -1.50. The van der Waals surface area contributed by atoms with Crippen molar-refractivity contribution < 1.29 is 9.90 Å². The lowest BCUT2D eigenvalue weighted by Crippen LogP contribution is -2.44. The van der Waals surface area contributed by atoms with Crippen LogP contribution < -0.4 is 0 Å². The van der Waals surface area contributed by atoms with Gasteiger partial charge in [-0.2, -0.15) is 0 Å². The maximum atomic E-state index is 11.2. The van der Waals surface area contributed by atoms with Crippen molar-refractivity contribution in [2.45, 2.75) is 51.7 Å². The second kappa shape index (κ2) is 5.90. The Morgan fingerprint density at radius 1 is 1.50 bits per heavy atom. The number of nitrogens with zero attached hydrogens (tertiary/aromatic N) is 5. The van der Waals surface area contributed by atoms with E-state index in [-0.39, 0.29) is 0 Å². The fourth-order valence-electron chi connectivity index (χ4n) is 2.36. The first-order valence-electron chi connectivity index (χ1n) is 6.44. The second-order valence-corrected chi connectivity index (χ2v) is 4.64. The Bertz CT molecular complexity index is 406. The molecule has 0 amide bonds. The number of hydrogen-bond acceptors (Lipinski definition) is 5. The number of carbonyl (C=O) groups is 1. The zero-order chi connectivity index (χ0) is 13.0. The van der Waals surface area contributed by atoms with Crippen LogP contribution >= 0.6 is 0 Å². The SMILES string of the molecule is CCCn1nnnc1CN1CCCCC1C(=O)O. The van der Waals surface area contributed by atoms with Gasteiger partial charge in [-0.3, -0.25) is 9.69 Å². The molecule has 0 saturated carbocycles. The van der Waals surface area contributed by atoms with Crippen LogP contribution in [0, 0.1) is 0 Å². The smallest absolute Gasteiger partial charge is 0.320 e. The molecule has 18 heavy (non-hydrogen) atoms. The highest BCUT2D eigenvalue weighted by Gasteiger charge is 2.29. The van der Waals surface area contributed by atoms with Gasteiger partial charge in [-0.25, -0.2) is 4.68 Å². The lowest BCUT2D eigenvalue weighted by Gasteiger charge is -2.32. The predicted molar refractivity (Wildman–Crippen MR) is 63.8 cm³/mol. The van der Waals surface area contributed by atoms with Gasteiger partial charge in [0.15, 0.2) is 5.82 Å². The third kappa shape index (κ3) is 2.84. The Balaban J connectivity index is 2.06. The van der Waals surface area contributed by atoms with E-state index in [9.17, 15) is 9.90 Å². The summed E-state index contributed by atoms with van der Waals surface area (Å²) in [4.78, 5) is 13.2. The fraction of sp³-hybridized carbons (Fsp3) is 0.818. The van der Waals surface area contributed by atoms with E-state index < -0.39 is 12.0 Å². The summed E-state index contributed by atoms with van der Waals surface area (Å²) in [5, 5.41) is 20.8. The summed E-state index contributed by atoms with van der Waals surface area (Å²) >= 11 is 0. The number of piperidine rings is 1. The van der Waals surface area contributed by atoms with E-state index in [4.69, 9.17) is 0 Å². The van der Waals surface area contributed by atoms with Crippen molar-refractivity contribution in [3.05, 3.63) is 5.82 Å². The molecule has 1 aliphatic heterocycles. The minimum atomic E-state index is -0.746. The maximum Gasteiger partial charge on any atom is 0.320 e. The van der Waals surface area contributed by atoms with Gasteiger partial charge in [0.2, 0.25) is 0 Å². The highest BCUT2D eigenvalue weighted by Crippen LogP contribution is 2.19. The first-order chi connectivity index (χ1) is 8.72. The Kier molecular flexibility index (Phi) is 4.24. The van der Waals surface area contributed by atoms with Crippen LogP contribution in [-0.2, 0) is 17.9 Å². The number of aliphatic carboxylic acids is 1. The second-order valence-electron chi connectivity index (χ2n) is 4.64. The number of likely N-dealkylation sites (tertiary alicyclic amines) is 1. The number of aromatic nitrogens is 4. The molecule has 0 spiro atoms. The molecule has 1 N–H and O–H groups in total. The Morgan fingerprint density at radius 2 is 2.33 bits per heavy atom. The van der Waals surface area contributed by atoms with E-state index in [2.05, 4.69) is 22.4 Å². The van der Waals surface area contributed by atoms with Gasteiger partial charge >= 0.3 is 5.97 Å². The van der Waals surface area contributed by atoms with Crippen LogP contribution in [-0.4, -0.2) is 48.8 Å². The molecule has 2 heterocycles. The Morgan fingerprint density at radius 3 is 3.06 bits per heavy atom. The number of rotatable bonds is 5. The molecule has 7 nitrogen and oxygen atoms in total. The van der Waals surface area contributed by atoms with Crippen molar-refractivity contribution in [2.75, 3.05) is 6.54 Å². The van der Waals surface area contributed by atoms with Gasteiger partial charge in [0.1, 0.15) is 6.04 Å². The summed E-state index contributed by atoms with van der Waals surface area (Å²) in [5.74, 6) is 0.00853. The molecule has 1 fully saturated rings. The van der Waals surface area contributed by atoms with Crippen molar-refractivity contribution >= 4 is 5.97 Å². The van der Waals surface area contributed by atoms with Crippen LogP contribution in [0.5, 0.6) is 0 Å². The van der Waals surface area contributed by atoms with E-state index in [1.807, 2.05) is 4.90 Å². The van der Waals surface area contributed by atoms with E-state index >= 15 is 0 Å². The average molecular weight is 253 g/mol. The van der Waals surface area contributed by atoms with Crippen molar-refractivity contribution in [2.24, 2.45) is 0 Å². The van der Waals surface area contributed by atoms with Crippen molar-refractivity contribution in [3.63, 3.8) is 0 Å². The van der Waals surface area contributed by atoms with Gasteiger partial charge < -0.3 is 5.11 Å². The van der Waals surface area contributed by atoms with E-state index in [0.29, 0.717) is 13.0 Å². The molecule has 1 atom stereocenters. The molecule has 7 heteroatoms. The van der Waals surface area contributed by atoms with E-state index in [1.165, 1.54) is 0 Å². The molecule has 1 unspecified atom stereocenters. The van der Waals surface area contributed by atoms with Crippen LogP contribution in [0.15, 0.2) is 0 Å². The minimum absolute atomic E-state index is 0.398. The molecule has 1 aromatic heterocycles. The number of carboxylic acids is 1. The van der Waals surface area contributed by atoms with Gasteiger partial charge in [0.25, 0.3) is 0 Å². The van der Waals surface area contributed by atoms with Gasteiger partial charge in [-0.15, -0.1) is 5.10 Å². The quantitative estimate of drug-likeness (QED) is 0.823. The van der Waals surface area contributed by atoms with Gasteiger partial charge in [0, 0.05) is 6.54 Å². The van der Waals surface area contributed by atoms with E-state index in [0.717, 1.165) is 38.2 Å². The molecular formula is C11H19N5O2.